The minimum atomic E-state index is -0.641. The van der Waals surface area contributed by atoms with E-state index in [0.29, 0.717) is 49.1 Å². The Labute approximate surface area is 279 Å². The first-order valence-corrected chi connectivity index (χ1v) is 18.3. The maximum absolute atomic E-state index is 13.8. The van der Waals surface area contributed by atoms with Crippen molar-refractivity contribution in [2.24, 2.45) is 52.3 Å². The van der Waals surface area contributed by atoms with Gasteiger partial charge in [0.15, 0.2) is 0 Å². The molecule has 1 aliphatic heterocycles. The fraction of sp³-hybridized carbons (Fsp3) is 0.921. The van der Waals surface area contributed by atoms with E-state index in [1.165, 1.54) is 19.3 Å². The summed E-state index contributed by atoms with van der Waals surface area (Å²) in [5.74, 6) is 2.45. The zero-order valence-corrected chi connectivity index (χ0v) is 30.9. The Morgan fingerprint density at radius 3 is 2.15 bits per heavy atom. The molecule has 0 radical (unpaired) electrons. The summed E-state index contributed by atoms with van der Waals surface area (Å²) >= 11 is 0. The maximum Gasteiger partial charge on any atom is 0.408 e. The predicted octanol–water partition coefficient (Wildman–Crippen LogP) is 7.36. The molecule has 0 unspecified atom stereocenters. The molecular formula is C38H66N2O6. The maximum atomic E-state index is 13.8. The van der Waals surface area contributed by atoms with Crippen molar-refractivity contribution in [3.8, 4) is 0 Å². The monoisotopic (exact) mass is 646 g/mol. The van der Waals surface area contributed by atoms with Gasteiger partial charge in [0.25, 0.3) is 0 Å². The number of esters is 1. The van der Waals surface area contributed by atoms with E-state index in [0.717, 1.165) is 32.1 Å². The van der Waals surface area contributed by atoms with Crippen molar-refractivity contribution in [2.45, 2.75) is 157 Å². The lowest BCUT2D eigenvalue weighted by Gasteiger charge is -2.63. The second kappa shape index (κ2) is 13.6. The Hall–Kier alpha value is -1.83. The summed E-state index contributed by atoms with van der Waals surface area (Å²) in [4.78, 5) is 40.7. The number of carbonyl (C=O) groups is 3. The Morgan fingerprint density at radius 2 is 1.54 bits per heavy atom. The molecule has 1 saturated heterocycles. The average molecular weight is 647 g/mol. The van der Waals surface area contributed by atoms with E-state index in [1.54, 1.807) is 0 Å². The molecule has 1 heterocycles. The molecule has 0 spiro atoms. The molecule has 4 rings (SSSR count). The molecule has 0 aromatic heterocycles. The molecule has 8 heteroatoms. The fourth-order valence-corrected chi connectivity index (χ4v) is 10.4. The Morgan fingerprint density at radius 1 is 0.913 bits per heavy atom. The van der Waals surface area contributed by atoms with E-state index >= 15 is 0 Å². The molecule has 0 aromatic carbocycles. The van der Waals surface area contributed by atoms with Crippen molar-refractivity contribution in [3.05, 3.63) is 0 Å². The van der Waals surface area contributed by atoms with Crippen molar-refractivity contribution in [3.63, 3.8) is 0 Å². The molecule has 46 heavy (non-hydrogen) atoms. The summed E-state index contributed by atoms with van der Waals surface area (Å²) in [5, 5.41) is 14.7. The molecule has 3 saturated carbocycles. The number of alkyl carbamates (subject to hydrolysis) is 1. The Balaban J connectivity index is 1.40. The number of ether oxygens (including phenoxy) is 2. The van der Waals surface area contributed by atoms with Crippen molar-refractivity contribution in [1.29, 1.82) is 0 Å². The van der Waals surface area contributed by atoms with Crippen LogP contribution in [0.3, 0.4) is 0 Å². The third-order valence-corrected chi connectivity index (χ3v) is 12.6. The Bertz CT molecular complexity index is 1110. The first-order chi connectivity index (χ1) is 21.2. The van der Waals surface area contributed by atoms with Gasteiger partial charge in [-0.3, -0.25) is 9.59 Å². The van der Waals surface area contributed by atoms with Crippen molar-refractivity contribution >= 4 is 18.0 Å². The van der Waals surface area contributed by atoms with Gasteiger partial charge >= 0.3 is 12.1 Å². The number of rotatable bonds is 8. The molecule has 264 valence electrons. The lowest BCUT2D eigenvalue weighted by atomic mass is 9.44. The normalized spacial score (nSPS) is 35.8. The molecule has 4 aliphatic rings. The summed E-state index contributed by atoms with van der Waals surface area (Å²) < 4.78 is 11.0. The van der Waals surface area contributed by atoms with E-state index in [2.05, 4.69) is 26.1 Å². The molecule has 4 fully saturated rings. The minimum absolute atomic E-state index is 0.0463. The van der Waals surface area contributed by atoms with Gasteiger partial charge in [-0.1, -0.05) is 34.6 Å². The molecule has 3 aliphatic carbocycles. The number of aliphatic hydroxyl groups is 1. The van der Waals surface area contributed by atoms with Gasteiger partial charge in [-0.05, 0) is 145 Å². The van der Waals surface area contributed by atoms with Crippen LogP contribution in [-0.4, -0.2) is 64.4 Å². The van der Waals surface area contributed by atoms with Gasteiger partial charge in [-0.2, -0.15) is 0 Å². The van der Waals surface area contributed by atoms with Crippen LogP contribution in [0, 0.1) is 52.3 Å². The lowest BCUT2D eigenvalue weighted by molar-refractivity contribution is -0.176. The second-order valence-electron chi connectivity index (χ2n) is 18.4. The van der Waals surface area contributed by atoms with Gasteiger partial charge in [0.2, 0.25) is 5.91 Å². The number of hydrogen-bond acceptors (Lipinski definition) is 6. The third-order valence-electron chi connectivity index (χ3n) is 12.6. The van der Waals surface area contributed by atoms with Gasteiger partial charge in [-0.15, -0.1) is 0 Å². The number of amides is 2. The molecular weight excluding hydrogens is 580 g/mol. The first kappa shape index (κ1) is 37.0. The number of fused-ring (bicyclic) bond motifs is 5. The highest BCUT2D eigenvalue weighted by Crippen LogP contribution is 2.67. The Kier molecular flexibility index (Phi) is 10.9. The van der Waals surface area contributed by atoms with E-state index in [-0.39, 0.29) is 40.6 Å². The number of carbonyl (C=O) groups excluding carboxylic acids is 3. The molecule has 2 amide bonds. The average Bonchev–Trinajstić information content (AvgIpc) is 3.26. The highest BCUT2D eigenvalue weighted by atomic mass is 16.6. The highest BCUT2D eigenvalue weighted by molar-refractivity contribution is 5.86. The van der Waals surface area contributed by atoms with E-state index in [4.69, 9.17) is 9.47 Å². The zero-order chi connectivity index (χ0) is 34.4. The van der Waals surface area contributed by atoms with Crippen LogP contribution in [0.4, 0.5) is 4.79 Å². The molecule has 8 nitrogen and oxygen atoms in total. The fourth-order valence-electron chi connectivity index (χ4n) is 10.4. The smallest absolute Gasteiger partial charge is 0.408 e. The number of likely N-dealkylation sites (tertiary alicyclic amines) is 1. The topological polar surface area (TPSA) is 105 Å². The van der Waals surface area contributed by atoms with E-state index in [9.17, 15) is 19.5 Å². The predicted molar refractivity (Wildman–Crippen MR) is 181 cm³/mol. The molecule has 10 atom stereocenters. The largest absolute Gasteiger partial charge is 0.460 e. The van der Waals surface area contributed by atoms with Crippen molar-refractivity contribution in [1.82, 2.24) is 10.2 Å². The number of piperidine rings is 1. The van der Waals surface area contributed by atoms with Crippen LogP contribution in [0.2, 0.25) is 0 Å². The van der Waals surface area contributed by atoms with Crippen LogP contribution in [0.1, 0.15) is 134 Å². The van der Waals surface area contributed by atoms with Crippen molar-refractivity contribution in [2.75, 3.05) is 13.1 Å². The van der Waals surface area contributed by atoms with Gasteiger partial charge in [-0.25, -0.2) is 4.79 Å². The summed E-state index contributed by atoms with van der Waals surface area (Å²) in [6.45, 7) is 23.8. The molecule has 0 bridgehead atoms. The quantitative estimate of drug-likeness (QED) is 0.267. The summed E-state index contributed by atoms with van der Waals surface area (Å²) in [6.07, 6.45) is 7.82. The van der Waals surface area contributed by atoms with Crippen LogP contribution >= 0.6 is 0 Å². The number of nitrogens with one attached hydrogen (secondary N) is 1. The van der Waals surface area contributed by atoms with Crippen LogP contribution in [0.5, 0.6) is 0 Å². The van der Waals surface area contributed by atoms with E-state index in [1.807, 2.05) is 60.3 Å². The van der Waals surface area contributed by atoms with Gasteiger partial charge in [0, 0.05) is 19.5 Å². The van der Waals surface area contributed by atoms with Gasteiger partial charge < -0.3 is 24.8 Å². The SMILES string of the molecule is CC(C)[C@H](NC(=O)OC(C)(C)C)C(=O)N1CC[C@@]2(C)[C@H](C[C@H](O)[C@@H]3[C@@H]2CC[C@]2(C)[C@@H]([C@H](C)CCCC(=O)OC(C)(C)C)CC[C@@H]32)C1. The minimum Gasteiger partial charge on any atom is -0.460 e. The van der Waals surface area contributed by atoms with Crippen LogP contribution in [0.15, 0.2) is 0 Å². The first-order valence-electron chi connectivity index (χ1n) is 18.3. The van der Waals surface area contributed by atoms with Crippen LogP contribution in [0.25, 0.3) is 0 Å². The second-order valence-corrected chi connectivity index (χ2v) is 18.4. The highest BCUT2D eigenvalue weighted by Gasteiger charge is 2.63. The summed E-state index contributed by atoms with van der Waals surface area (Å²) in [5.41, 5.74) is -0.770. The third kappa shape index (κ3) is 7.89. The van der Waals surface area contributed by atoms with Gasteiger partial charge in [0.1, 0.15) is 17.2 Å². The summed E-state index contributed by atoms with van der Waals surface area (Å²) in [6, 6.07) is -0.641. The zero-order valence-electron chi connectivity index (χ0n) is 30.9. The van der Waals surface area contributed by atoms with Crippen LogP contribution < -0.4 is 5.32 Å². The number of nitrogens with zero attached hydrogens (tertiary/aromatic N) is 1. The molecule has 0 aromatic rings. The number of hydrogen-bond donors (Lipinski definition) is 2. The number of aliphatic hydroxyl groups excluding tert-OH is 1. The van der Waals surface area contributed by atoms with Crippen LogP contribution in [-0.2, 0) is 19.1 Å². The van der Waals surface area contributed by atoms with Gasteiger partial charge in [0.05, 0.1) is 6.10 Å². The summed E-state index contributed by atoms with van der Waals surface area (Å²) in [7, 11) is 0. The lowest BCUT2D eigenvalue weighted by Crippen LogP contribution is -2.63. The van der Waals surface area contributed by atoms with Crippen molar-refractivity contribution < 1.29 is 29.0 Å². The standard InChI is InChI=1S/C38H66N2O6/c1-23(2)32(39-34(44)46-36(7,8)9)33(43)40-20-19-37(10)25(22-40)21-29(41)31-27-16-15-26(38(27,11)18-17-28(31)37)24(3)13-12-14-30(42)45-35(4,5)6/h23-29,31-32,41H,12-22H2,1-11H3,(H,39,44)/t24-,25-,26-,27+,28+,29+,31+,32+,37+,38-/m1/s1. The molecule has 2 N–H and O–H groups in total. The van der Waals surface area contributed by atoms with E-state index < -0.39 is 23.3 Å².